The maximum absolute atomic E-state index is 12.5. The summed E-state index contributed by atoms with van der Waals surface area (Å²) in [6.45, 7) is 14.9. The highest BCUT2D eigenvalue weighted by molar-refractivity contribution is 7.89. The van der Waals surface area contributed by atoms with Crippen LogP contribution in [0.2, 0.25) is 0 Å². The summed E-state index contributed by atoms with van der Waals surface area (Å²) in [6.07, 6.45) is 2.01. The molecule has 3 N–H and O–H groups in total. The number of carbonyl (C=O) groups is 1. The number of nitrogens with zero attached hydrogens (tertiary/aromatic N) is 2. The van der Waals surface area contributed by atoms with Crippen molar-refractivity contribution in [2.45, 2.75) is 65.5 Å². The third-order valence-corrected chi connectivity index (χ3v) is 9.48. The van der Waals surface area contributed by atoms with Gasteiger partial charge in [-0.2, -0.15) is 0 Å². The Kier molecular flexibility index (Phi) is 10.6. The van der Waals surface area contributed by atoms with Gasteiger partial charge < -0.3 is 10.6 Å². The van der Waals surface area contributed by atoms with Crippen LogP contribution in [0, 0.1) is 0 Å². The highest BCUT2D eigenvalue weighted by Crippen LogP contribution is 2.25. The van der Waals surface area contributed by atoms with Gasteiger partial charge in [-0.05, 0) is 58.1 Å². The molecule has 0 bridgehead atoms. The SMILES string of the molecule is CC(C)c1ccc2c(c1)CN(CCNC(=O)NCCS(=O)(=O)NCCN1CCc3ccc(C(C)C)cc3C1)CC2. The van der Waals surface area contributed by atoms with Gasteiger partial charge in [-0.25, -0.2) is 17.9 Å². The number of sulfonamides is 1. The maximum atomic E-state index is 12.5. The van der Waals surface area contributed by atoms with E-state index in [1.54, 1.807) is 0 Å². The molecule has 0 aromatic heterocycles. The third kappa shape index (κ3) is 8.77. The van der Waals surface area contributed by atoms with Crippen LogP contribution in [-0.4, -0.2) is 75.8 Å². The van der Waals surface area contributed by atoms with E-state index in [0.717, 1.165) is 45.6 Å². The van der Waals surface area contributed by atoms with Gasteiger partial charge in [0, 0.05) is 58.9 Å². The van der Waals surface area contributed by atoms with E-state index in [-0.39, 0.29) is 18.3 Å². The number of hydrogen-bond acceptors (Lipinski definition) is 5. The topological polar surface area (TPSA) is 93.8 Å². The Morgan fingerprint density at radius 2 is 1.25 bits per heavy atom. The van der Waals surface area contributed by atoms with Crippen molar-refractivity contribution < 1.29 is 13.2 Å². The van der Waals surface area contributed by atoms with Crippen molar-refractivity contribution in [3.63, 3.8) is 0 Å². The standard InChI is InChI=1S/C31H47N5O3S/c1-23(2)27-7-5-25-9-14-35(21-29(25)19-27)16-11-32-31(37)33-13-18-40(38,39)34-12-17-36-15-10-26-6-8-28(24(3)4)20-30(26)22-36/h5-8,19-20,23-24,34H,9-18,21-22H2,1-4H3,(H2,32,33,37). The number of carbonyl (C=O) groups excluding carboxylic acids is 1. The van der Waals surface area contributed by atoms with Crippen LogP contribution in [0.1, 0.15) is 72.9 Å². The zero-order valence-electron chi connectivity index (χ0n) is 24.6. The molecule has 0 fully saturated rings. The van der Waals surface area contributed by atoms with Gasteiger partial charge in [0.05, 0.1) is 5.75 Å². The van der Waals surface area contributed by atoms with Gasteiger partial charge >= 0.3 is 6.03 Å². The zero-order valence-corrected chi connectivity index (χ0v) is 25.4. The lowest BCUT2D eigenvalue weighted by molar-refractivity contribution is 0.231. The molecule has 40 heavy (non-hydrogen) atoms. The number of fused-ring (bicyclic) bond motifs is 2. The van der Waals surface area contributed by atoms with Crippen LogP contribution in [0.4, 0.5) is 4.79 Å². The molecule has 2 aliphatic rings. The summed E-state index contributed by atoms with van der Waals surface area (Å²) in [6, 6.07) is 13.2. The first-order valence-corrected chi connectivity index (χ1v) is 16.4. The summed E-state index contributed by atoms with van der Waals surface area (Å²) in [7, 11) is -3.46. The highest BCUT2D eigenvalue weighted by Gasteiger charge is 2.19. The van der Waals surface area contributed by atoms with Crippen molar-refractivity contribution in [1.82, 2.24) is 25.2 Å². The minimum absolute atomic E-state index is 0.0747. The quantitative estimate of drug-likeness (QED) is 0.364. The van der Waals surface area contributed by atoms with E-state index in [1.807, 2.05) is 0 Å². The molecule has 0 spiro atoms. The van der Waals surface area contributed by atoms with E-state index < -0.39 is 10.0 Å². The van der Waals surface area contributed by atoms with E-state index in [9.17, 15) is 13.2 Å². The average Bonchev–Trinajstić information content (AvgIpc) is 2.92. The predicted molar refractivity (Wildman–Crippen MR) is 162 cm³/mol. The monoisotopic (exact) mass is 569 g/mol. The Balaban J connectivity index is 1.10. The second-order valence-electron chi connectivity index (χ2n) is 11.8. The minimum Gasteiger partial charge on any atom is -0.337 e. The Bertz CT molecular complexity index is 1260. The molecular formula is C31H47N5O3S. The van der Waals surface area contributed by atoms with Crippen LogP contribution < -0.4 is 15.4 Å². The molecule has 8 nitrogen and oxygen atoms in total. The van der Waals surface area contributed by atoms with Gasteiger partial charge in [0.2, 0.25) is 10.0 Å². The average molecular weight is 570 g/mol. The summed E-state index contributed by atoms with van der Waals surface area (Å²) in [4.78, 5) is 16.9. The molecule has 2 aromatic carbocycles. The smallest absolute Gasteiger partial charge is 0.314 e. The highest BCUT2D eigenvalue weighted by atomic mass is 32.2. The summed E-state index contributed by atoms with van der Waals surface area (Å²) >= 11 is 0. The lowest BCUT2D eigenvalue weighted by Gasteiger charge is -2.29. The molecular weight excluding hydrogens is 522 g/mol. The largest absolute Gasteiger partial charge is 0.337 e. The molecule has 4 rings (SSSR count). The summed E-state index contributed by atoms with van der Waals surface area (Å²) < 4.78 is 27.6. The normalized spacial score (nSPS) is 16.1. The van der Waals surface area contributed by atoms with Gasteiger partial charge in [0.15, 0.2) is 0 Å². The van der Waals surface area contributed by atoms with Crippen LogP contribution in [-0.2, 0) is 36.0 Å². The molecule has 220 valence electrons. The van der Waals surface area contributed by atoms with Crippen molar-refractivity contribution in [2.75, 3.05) is 51.6 Å². The van der Waals surface area contributed by atoms with Crippen LogP contribution in [0.15, 0.2) is 36.4 Å². The summed E-state index contributed by atoms with van der Waals surface area (Å²) in [5.41, 5.74) is 8.25. The van der Waals surface area contributed by atoms with Gasteiger partial charge in [-0.1, -0.05) is 64.1 Å². The van der Waals surface area contributed by atoms with Gasteiger partial charge in [-0.15, -0.1) is 0 Å². The Hall–Kier alpha value is -2.46. The number of rotatable bonds is 12. The van der Waals surface area contributed by atoms with Gasteiger partial charge in [0.1, 0.15) is 0 Å². The van der Waals surface area contributed by atoms with Crippen molar-refractivity contribution in [1.29, 1.82) is 0 Å². The molecule has 0 saturated carbocycles. The van der Waals surface area contributed by atoms with E-state index in [1.165, 1.54) is 33.4 Å². The maximum Gasteiger partial charge on any atom is 0.314 e. The Morgan fingerprint density at radius 3 is 1.77 bits per heavy atom. The van der Waals surface area contributed by atoms with E-state index >= 15 is 0 Å². The van der Waals surface area contributed by atoms with E-state index in [4.69, 9.17) is 0 Å². The fraction of sp³-hybridized carbons (Fsp3) is 0.581. The molecule has 0 aliphatic carbocycles. The van der Waals surface area contributed by atoms with Crippen molar-refractivity contribution in [2.24, 2.45) is 0 Å². The molecule has 2 heterocycles. The molecule has 0 unspecified atom stereocenters. The van der Waals surface area contributed by atoms with Crippen molar-refractivity contribution >= 4 is 16.1 Å². The second kappa shape index (κ2) is 13.9. The number of urea groups is 1. The second-order valence-corrected chi connectivity index (χ2v) is 13.7. The Labute approximate surface area is 241 Å². The Morgan fingerprint density at radius 1 is 0.750 bits per heavy atom. The molecule has 0 radical (unpaired) electrons. The number of benzene rings is 2. The van der Waals surface area contributed by atoms with Crippen molar-refractivity contribution in [3.05, 3.63) is 69.8 Å². The minimum atomic E-state index is -3.46. The summed E-state index contributed by atoms with van der Waals surface area (Å²) in [5, 5.41) is 5.54. The molecule has 2 aromatic rings. The van der Waals surface area contributed by atoms with Crippen LogP contribution in [0.3, 0.4) is 0 Å². The van der Waals surface area contributed by atoms with Gasteiger partial charge in [-0.3, -0.25) is 9.80 Å². The first kappa shape index (κ1) is 30.5. The predicted octanol–water partition coefficient (Wildman–Crippen LogP) is 3.57. The van der Waals surface area contributed by atoms with Gasteiger partial charge in [0.25, 0.3) is 0 Å². The number of amides is 2. The van der Waals surface area contributed by atoms with E-state index in [0.29, 0.717) is 31.5 Å². The first-order valence-electron chi connectivity index (χ1n) is 14.8. The van der Waals surface area contributed by atoms with Crippen LogP contribution in [0.25, 0.3) is 0 Å². The lowest BCUT2D eigenvalue weighted by atomic mass is 9.93. The number of hydrogen-bond donors (Lipinski definition) is 3. The fourth-order valence-corrected chi connectivity index (χ4v) is 6.41. The fourth-order valence-electron chi connectivity index (χ4n) is 5.49. The molecule has 2 aliphatic heterocycles. The first-order chi connectivity index (χ1) is 19.1. The molecule has 0 atom stereocenters. The molecule has 0 saturated heterocycles. The van der Waals surface area contributed by atoms with Crippen LogP contribution >= 0.6 is 0 Å². The third-order valence-electron chi connectivity index (χ3n) is 8.10. The van der Waals surface area contributed by atoms with Crippen molar-refractivity contribution in [3.8, 4) is 0 Å². The van der Waals surface area contributed by atoms with E-state index in [2.05, 4.69) is 89.2 Å². The lowest BCUT2D eigenvalue weighted by Crippen LogP contribution is -2.44. The summed E-state index contributed by atoms with van der Waals surface area (Å²) in [5.74, 6) is 0.868. The van der Waals surface area contributed by atoms with Crippen LogP contribution in [0.5, 0.6) is 0 Å². The molecule has 9 heteroatoms. The molecule has 2 amide bonds. The number of nitrogens with one attached hydrogen (secondary N) is 3. The zero-order chi connectivity index (χ0) is 28.7.